The number of carbonyl (C=O) groups excluding carboxylic acids is 1. The fourth-order valence-corrected chi connectivity index (χ4v) is 2.72. The summed E-state index contributed by atoms with van der Waals surface area (Å²) in [7, 11) is 3.12. The molecule has 1 aromatic rings. The molecule has 0 N–H and O–H groups in total. The van der Waals surface area contributed by atoms with Crippen LogP contribution in [0.4, 0.5) is 0 Å². The molecule has 22 heavy (non-hydrogen) atoms. The molecule has 1 fully saturated rings. The Bertz CT molecular complexity index is 605. The van der Waals surface area contributed by atoms with Crippen LogP contribution in [0.2, 0.25) is 0 Å². The maximum atomic E-state index is 12.1. The number of ether oxygens (including phenoxy) is 4. The SMILES string of the molecule is COc1cc(/C=C/C(=O)N2CCCC2)c(OC)c2c1OCO2. The predicted molar refractivity (Wildman–Crippen MR) is 80.5 cm³/mol. The highest BCUT2D eigenvalue weighted by atomic mass is 16.7. The third-order valence-electron chi connectivity index (χ3n) is 3.84. The summed E-state index contributed by atoms with van der Waals surface area (Å²) in [5, 5.41) is 0. The van der Waals surface area contributed by atoms with Crippen molar-refractivity contribution in [3.63, 3.8) is 0 Å². The van der Waals surface area contributed by atoms with Gasteiger partial charge in [0.1, 0.15) is 0 Å². The average molecular weight is 305 g/mol. The number of nitrogens with zero attached hydrogens (tertiary/aromatic N) is 1. The largest absolute Gasteiger partial charge is 0.493 e. The summed E-state index contributed by atoms with van der Waals surface area (Å²) < 4.78 is 21.6. The lowest BCUT2D eigenvalue weighted by Gasteiger charge is -2.13. The summed E-state index contributed by atoms with van der Waals surface area (Å²) >= 11 is 0. The number of fused-ring (bicyclic) bond motifs is 1. The van der Waals surface area contributed by atoms with E-state index in [9.17, 15) is 4.79 Å². The van der Waals surface area contributed by atoms with Gasteiger partial charge >= 0.3 is 0 Å². The summed E-state index contributed by atoms with van der Waals surface area (Å²) in [6.45, 7) is 1.78. The van der Waals surface area contributed by atoms with Gasteiger partial charge in [0.05, 0.1) is 14.2 Å². The Balaban J connectivity index is 1.91. The number of hydrogen-bond acceptors (Lipinski definition) is 5. The number of benzene rings is 1. The van der Waals surface area contributed by atoms with Gasteiger partial charge in [-0.25, -0.2) is 0 Å². The number of likely N-dealkylation sites (tertiary alicyclic amines) is 1. The van der Waals surface area contributed by atoms with Gasteiger partial charge in [-0.15, -0.1) is 0 Å². The van der Waals surface area contributed by atoms with Crippen LogP contribution in [0.3, 0.4) is 0 Å². The number of rotatable bonds is 4. The Labute approximate surface area is 129 Å². The molecule has 118 valence electrons. The number of carbonyl (C=O) groups is 1. The number of hydrogen-bond donors (Lipinski definition) is 0. The molecule has 6 heteroatoms. The summed E-state index contributed by atoms with van der Waals surface area (Å²) in [5.74, 6) is 2.15. The molecule has 0 saturated carbocycles. The topological polar surface area (TPSA) is 57.2 Å². The smallest absolute Gasteiger partial charge is 0.246 e. The minimum Gasteiger partial charge on any atom is -0.493 e. The van der Waals surface area contributed by atoms with Crippen LogP contribution in [0, 0.1) is 0 Å². The molecule has 0 unspecified atom stereocenters. The van der Waals surface area contributed by atoms with Crippen molar-refractivity contribution in [2.24, 2.45) is 0 Å². The van der Waals surface area contributed by atoms with Gasteiger partial charge in [0, 0.05) is 24.7 Å². The van der Waals surface area contributed by atoms with Crippen LogP contribution in [0.5, 0.6) is 23.0 Å². The lowest BCUT2D eigenvalue weighted by molar-refractivity contribution is -0.124. The number of amides is 1. The van der Waals surface area contributed by atoms with E-state index in [1.54, 1.807) is 32.4 Å². The Morgan fingerprint density at radius 3 is 2.59 bits per heavy atom. The zero-order chi connectivity index (χ0) is 15.5. The first-order valence-electron chi connectivity index (χ1n) is 7.26. The molecule has 1 saturated heterocycles. The third-order valence-corrected chi connectivity index (χ3v) is 3.84. The minimum absolute atomic E-state index is 0.0104. The normalized spacial score (nSPS) is 16.4. The van der Waals surface area contributed by atoms with Crippen LogP contribution in [0.1, 0.15) is 18.4 Å². The zero-order valence-electron chi connectivity index (χ0n) is 12.8. The second-order valence-corrected chi connectivity index (χ2v) is 5.13. The van der Waals surface area contributed by atoms with Crippen LogP contribution < -0.4 is 18.9 Å². The lowest BCUT2D eigenvalue weighted by atomic mass is 10.1. The van der Waals surface area contributed by atoms with Gasteiger partial charge in [-0.1, -0.05) is 0 Å². The Kier molecular flexibility index (Phi) is 4.09. The van der Waals surface area contributed by atoms with Crippen molar-refractivity contribution in [2.75, 3.05) is 34.1 Å². The van der Waals surface area contributed by atoms with E-state index in [2.05, 4.69) is 0 Å². The van der Waals surface area contributed by atoms with Crippen molar-refractivity contribution < 1.29 is 23.7 Å². The van der Waals surface area contributed by atoms with Gasteiger partial charge in [0.15, 0.2) is 11.5 Å². The van der Waals surface area contributed by atoms with Crippen molar-refractivity contribution in [1.29, 1.82) is 0 Å². The fraction of sp³-hybridized carbons (Fsp3) is 0.438. The second-order valence-electron chi connectivity index (χ2n) is 5.13. The Morgan fingerprint density at radius 2 is 1.91 bits per heavy atom. The molecule has 1 aromatic carbocycles. The molecule has 2 aliphatic rings. The molecule has 0 aliphatic carbocycles. The lowest BCUT2D eigenvalue weighted by Crippen LogP contribution is -2.25. The first kappa shape index (κ1) is 14.6. The van der Waals surface area contributed by atoms with E-state index < -0.39 is 0 Å². The van der Waals surface area contributed by atoms with Crippen molar-refractivity contribution in [2.45, 2.75) is 12.8 Å². The standard InChI is InChI=1S/C16H19NO5/c1-19-12-9-11(5-6-13(18)17-7-3-4-8-17)14(20-2)16-15(12)21-10-22-16/h5-6,9H,3-4,7-8,10H2,1-2H3/b6-5+. The van der Waals surface area contributed by atoms with Crippen LogP contribution in [-0.4, -0.2) is 44.9 Å². The first-order chi connectivity index (χ1) is 10.7. The molecule has 0 aromatic heterocycles. The Hall–Kier alpha value is -2.37. The molecule has 0 radical (unpaired) electrons. The van der Waals surface area contributed by atoms with Crippen molar-refractivity contribution in [1.82, 2.24) is 4.90 Å². The molecule has 0 atom stereocenters. The molecule has 0 spiro atoms. The van der Waals surface area contributed by atoms with Crippen LogP contribution >= 0.6 is 0 Å². The molecule has 1 amide bonds. The molecule has 2 heterocycles. The molecule has 6 nitrogen and oxygen atoms in total. The van der Waals surface area contributed by atoms with Crippen LogP contribution in [0.25, 0.3) is 6.08 Å². The van der Waals surface area contributed by atoms with Gasteiger partial charge in [0.2, 0.25) is 24.2 Å². The van der Waals surface area contributed by atoms with Gasteiger partial charge in [0.25, 0.3) is 0 Å². The minimum atomic E-state index is 0.0104. The number of methoxy groups -OCH3 is 2. The summed E-state index contributed by atoms with van der Waals surface area (Å²) in [4.78, 5) is 14.0. The van der Waals surface area contributed by atoms with E-state index in [1.165, 1.54) is 0 Å². The third kappa shape index (κ3) is 2.56. The van der Waals surface area contributed by atoms with Crippen molar-refractivity contribution in [3.05, 3.63) is 17.7 Å². The van der Waals surface area contributed by atoms with E-state index in [0.717, 1.165) is 31.5 Å². The van der Waals surface area contributed by atoms with Gasteiger partial charge in [-0.2, -0.15) is 0 Å². The van der Waals surface area contributed by atoms with E-state index in [4.69, 9.17) is 18.9 Å². The van der Waals surface area contributed by atoms with Crippen molar-refractivity contribution in [3.8, 4) is 23.0 Å². The molecule has 2 aliphatic heterocycles. The molecular formula is C16H19NO5. The predicted octanol–water partition coefficient (Wildman–Crippen LogP) is 2.07. The molecular weight excluding hydrogens is 286 g/mol. The highest BCUT2D eigenvalue weighted by Gasteiger charge is 2.26. The van der Waals surface area contributed by atoms with Gasteiger partial charge in [-0.05, 0) is 25.0 Å². The summed E-state index contributed by atoms with van der Waals surface area (Å²) in [6.07, 6.45) is 5.43. The highest BCUT2D eigenvalue weighted by molar-refractivity contribution is 5.92. The fourth-order valence-electron chi connectivity index (χ4n) is 2.72. The zero-order valence-corrected chi connectivity index (χ0v) is 12.8. The Morgan fingerprint density at radius 1 is 1.18 bits per heavy atom. The second kappa shape index (κ2) is 6.17. The summed E-state index contributed by atoms with van der Waals surface area (Å²) in [5.41, 5.74) is 0.719. The average Bonchev–Trinajstić information content (AvgIpc) is 3.22. The quantitative estimate of drug-likeness (QED) is 0.797. The van der Waals surface area contributed by atoms with Crippen LogP contribution in [0.15, 0.2) is 12.1 Å². The maximum Gasteiger partial charge on any atom is 0.246 e. The van der Waals surface area contributed by atoms with Gasteiger partial charge < -0.3 is 23.8 Å². The monoisotopic (exact) mass is 305 g/mol. The molecule has 0 bridgehead atoms. The van der Waals surface area contributed by atoms with E-state index in [1.807, 2.05) is 4.90 Å². The van der Waals surface area contributed by atoms with Crippen LogP contribution in [-0.2, 0) is 4.79 Å². The van der Waals surface area contributed by atoms with E-state index in [0.29, 0.717) is 23.0 Å². The van der Waals surface area contributed by atoms with Gasteiger partial charge in [-0.3, -0.25) is 4.79 Å². The molecule has 3 rings (SSSR count). The first-order valence-corrected chi connectivity index (χ1v) is 7.26. The summed E-state index contributed by atoms with van der Waals surface area (Å²) in [6, 6.07) is 1.78. The van der Waals surface area contributed by atoms with E-state index in [-0.39, 0.29) is 12.7 Å². The highest BCUT2D eigenvalue weighted by Crippen LogP contribution is 2.49. The van der Waals surface area contributed by atoms with E-state index >= 15 is 0 Å². The maximum absolute atomic E-state index is 12.1. The van der Waals surface area contributed by atoms with Crippen molar-refractivity contribution >= 4 is 12.0 Å².